The number of ether oxygens (including phenoxy) is 6. The quantitative estimate of drug-likeness (QED) is 0.0199. The van der Waals surface area contributed by atoms with Gasteiger partial charge in [-0.25, -0.2) is 0 Å². The zero-order valence-electron chi connectivity index (χ0n) is 57.2. The molecule has 0 aliphatic carbocycles. The Morgan fingerprint density at radius 2 is 0.742 bits per heavy atom. The maximum atomic E-state index is 13.4. The van der Waals surface area contributed by atoms with Crippen LogP contribution >= 0.6 is 0 Å². The molecule has 93 heavy (non-hydrogen) atoms. The van der Waals surface area contributed by atoms with E-state index in [4.69, 9.17) is 28.4 Å². The highest BCUT2D eigenvalue weighted by Gasteiger charge is 2.53. The highest BCUT2D eigenvalue weighted by atomic mass is 16.8. The van der Waals surface area contributed by atoms with Crippen molar-refractivity contribution < 1.29 is 89.4 Å². The Balaban J connectivity index is 1.43. The normalized spacial score (nSPS) is 27.9. The third kappa shape index (κ3) is 36.6. The van der Waals surface area contributed by atoms with Crippen LogP contribution < -0.4 is 5.32 Å². The molecule has 0 aromatic heterocycles. The molecule has 0 aromatic rings. The van der Waals surface area contributed by atoms with Crippen LogP contribution in [0, 0.1) is 0 Å². The van der Waals surface area contributed by atoms with Crippen LogP contribution in [-0.4, -0.2) is 193 Å². The fourth-order valence-corrected chi connectivity index (χ4v) is 12.1. The van der Waals surface area contributed by atoms with Crippen molar-refractivity contribution in [3.63, 3.8) is 0 Å². The number of unbranched alkanes of at least 4 members (excludes halogenated alkanes) is 30. The number of nitrogens with one attached hydrogen (secondary N) is 1. The monoisotopic (exact) mass is 1320 g/mol. The Kier molecular flexibility index (Phi) is 50.1. The number of allylic oxidation sites excluding steroid dienone is 11. The number of rotatable bonds is 56. The Bertz CT molecular complexity index is 1970. The van der Waals surface area contributed by atoms with Gasteiger partial charge in [-0.2, -0.15) is 0 Å². The van der Waals surface area contributed by atoms with Gasteiger partial charge >= 0.3 is 0 Å². The number of carbonyl (C=O) groups excluding carboxylic acids is 1. The first-order chi connectivity index (χ1) is 45.3. The van der Waals surface area contributed by atoms with E-state index in [9.17, 15) is 61.0 Å². The van der Waals surface area contributed by atoms with Crippen molar-refractivity contribution in [3.8, 4) is 0 Å². The Morgan fingerprint density at radius 3 is 1.16 bits per heavy atom. The molecule has 0 spiro atoms. The average Bonchev–Trinajstić information content (AvgIpc) is 1.48. The van der Waals surface area contributed by atoms with Crippen molar-refractivity contribution in [2.24, 2.45) is 0 Å². The summed E-state index contributed by atoms with van der Waals surface area (Å²) >= 11 is 0. The molecule has 3 aliphatic heterocycles. The van der Waals surface area contributed by atoms with Crippen molar-refractivity contribution in [2.45, 2.75) is 362 Å². The van der Waals surface area contributed by atoms with E-state index < -0.39 is 124 Å². The van der Waals surface area contributed by atoms with E-state index in [2.05, 4.69) is 79.9 Å². The van der Waals surface area contributed by atoms with Gasteiger partial charge < -0.3 is 89.9 Å². The molecular formula is C74H131NO18. The number of aliphatic hydroxyl groups excluding tert-OH is 11. The lowest BCUT2D eigenvalue weighted by Gasteiger charge is -2.48. The van der Waals surface area contributed by atoms with Crippen LogP contribution in [0.2, 0.25) is 0 Å². The minimum absolute atomic E-state index is 0.218. The Labute approximate surface area is 559 Å². The second-order valence-electron chi connectivity index (χ2n) is 26.0. The molecule has 17 unspecified atom stereocenters. The molecule has 0 radical (unpaired) electrons. The van der Waals surface area contributed by atoms with Crippen molar-refractivity contribution in [3.05, 3.63) is 72.9 Å². The maximum Gasteiger partial charge on any atom is 0.220 e. The van der Waals surface area contributed by atoms with Gasteiger partial charge in [0.05, 0.1) is 38.6 Å². The van der Waals surface area contributed by atoms with Gasteiger partial charge in [0.25, 0.3) is 0 Å². The van der Waals surface area contributed by atoms with Crippen molar-refractivity contribution in [1.29, 1.82) is 0 Å². The van der Waals surface area contributed by atoms with E-state index in [1.54, 1.807) is 6.08 Å². The van der Waals surface area contributed by atoms with Gasteiger partial charge in [-0.3, -0.25) is 4.79 Å². The third-order valence-electron chi connectivity index (χ3n) is 18.0. The summed E-state index contributed by atoms with van der Waals surface area (Å²) in [5.74, 6) is -0.294. The predicted octanol–water partition coefficient (Wildman–Crippen LogP) is 10.5. The van der Waals surface area contributed by atoms with E-state index in [0.717, 1.165) is 89.9 Å². The molecule has 0 saturated carbocycles. The molecule has 3 saturated heterocycles. The molecule has 1 amide bonds. The Hall–Kier alpha value is -2.77. The van der Waals surface area contributed by atoms with E-state index >= 15 is 0 Å². The van der Waals surface area contributed by atoms with Crippen molar-refractivity contribution in [2.75, 3.05) is 26.4 Å². The topological polar surface area (TPSA) is 307 Å². The number of amides is 1. The molecule has 3 fully saturated rings. The fourth-order valence-electron chi connectivity index (χ4n) is 12.1. The largest absolute Gasteiger partial charge is 0.394 e. The zero-order valence-corrected chi connectivity index (χ0v) is 57.2. The molecule has 19 nitrogen and oxygen atoms in total. The van der Waals surface area contributed by atoms with Crippen molar-refractivity contribution in [1.82, 2.24) is 5.32 Å². The highest BCUT2D eigenvalue weighted by molar-refractivity contribution is 5.76. The number of hydrogen-bond acceptors (Lipinski definition) is 18. The SMILES string of the molecule is CC/C=C\C/C=C\C/C=C\C/C=C\C/C=C\CCCCCCCC(=O)NC(COC1OC(CO)C(OC2OC(CO)C(OC3OC(CO)C(O)C(O)C3O)C(O)C2O)C(O)C1O)C(O)/C=C/CCCCCCCCCCCCCCCCCCCCCCCCCCC. The second-order valence-corrected chi connectivity index (χ2v) is 26.0. The summed E-state index contributed by atoms with van der Waals surface area (Å²) in [5, 5.41) is 121. The first-order valence-corrected chi connectivity index (χ1v) is 36.7. The lowest BCUT2D eigenvalue weighted by Crippen LogP contribution is -2.66. The van der Waals surface area contributed by atoms with E-state index in [0.29, 0.717) is 6.42 Å². The predicted molar refractivity (Wildman–Crippen MR) is 365 cm³/mol. The summed E-state index contributed by atoms with van der Waals surface area (Å²) in [4.78, 5) is 13.4. The molecule has 17 atom stereocenters. The fraction of sp³-hybridized carbons (Fsp3) is 0.824. The lowest BCUT2D eigenvalue weighted by atomic mass is 9.96. The Morgan fingerprint density at radius 1 is 0.398 bits per heavy atom. The van der Waals surface area contributed by atoms with Gasteiger partial charge in [0.2, 0.25) is 5.91 Å². The van der Waals surface area contributed by atoms with Gasteiger partial charge in [0.15, 0.2) is 18.9 Å². The third-order valence-corrected chi connectivity index (χ3v) is 18.0. The molecule has 0 aromatic carbocycles. The zero-order chi connectivity index (χ0) is 67.5. The average molecular weight is 1320 g/mol. The van der Waals surface area contributed by atoms with E-state index in [-0.39, 0.29) is 18.9 Å². The van der Waals surface area contributed by atoms with Gasteiger partial charge in [-0.1, -0.05) is 260 Å². The summed E-state index contributed by atoms with van der Waals surface area (Å²) in [6, 6.07) is -0.989. The van der Waals surface area contributed by atoms with Crippen LogP contribution in [0.25, 0.3) is 0 Å². The number of aliphatic hydroxyl groups is 11. The summed E-state index contributed by atoms with van der Waals surface area (Å²) in [7, 11) is 0. The molecule has 540 valence electrons. The van der Waals surface area contributed by atoms with Crippen molar-refractivity contribution >= 4 is 5.91 Å². The van der Waals surface area contributed by atoms with Gasteiger partial charge in [0, 0.05) is 6.42 Å². The second kappa shape index (κ2) is 55.1. The van der Waals surface area contributed by atoms with Crippen LogP contribution in [0.4, 0.5) is 0 Å². The summed E-state index contributed by atoms with van der Waals surface area (Å²) in [6.45, 7) is 1.62. The minimum atomic E-state index is -1.98. The van der Waals surface area contributed by atoms with E-state index in [1.807, 2.05) is 6.08 Å². The smallest absolute Gasteiger partial charge is 0.220 e. The molecule has 12 N–H and O–H groups in total. The van der Waals surface area contributed by atoms with Crippen LogP contribution in [0.1, 0.15) is 258 Å². The van der Waals surface area contributed by atoms with Crippen LogP contribution in [0.3, 0.4) is 0 Å². The first-order valence-electron chi connectivity index (χ1n) is 36.7. The van der Waals surface area contributed by atoms with Gasteiger partial charge in [-0.15, -0.1) is 0 Å². The number of hydrogen-bond donors (Lipinski definition) is 12. The summed E-state index contributed by atoms with van der Waals surface area (Å²) < 4.78 is 34.4. The molecule has 3 heterocycles. The minimum Gasteiger partial charge on any atom is -0.394 e. The highest BCUT2D eigenvalue weighted by Crippen LogP contribution is 2.33. The summed E-state index contributed by atoms with van der Waals surface area (Å²) in [5.41, 5.74) is 0. The molecule has 3 rings (SSSR count). The number of carbonyl (C=O) groups is 1. The molecular weight excluding hydrogens is 1190 g/mol. The van der Waals surface area contributed by atoms with Crippen LogP contribution in [-0.2, 0) is 33.2 Å². The van der Waals surface area contributed by atoms with Crippen LogP contribution in [0.15, 0.2) is 72.9 Å². The van der Waals surface area contributed by atoms with Crippen LogP contribution in [0.5, 0.6) is 0 Å². The maximum absolute atomic E-state index is 13.4. The molecule has 0 bridgehead atoms. The first kappa shape index (κ1) is 84.5. The lowest BCUT2D eigenvalue weighted by molar-refractivity contribution is -0.379. The van der Waals surface area contributed by atoms with Gasteiger partial charge in [0.1, 0.15) is 73.2 Å². The standard InChI is InChI=1S/C74H131NO18/c1-3-5-7-9-11-13-15-17-19-21-23-25-26-27-28-29-30-32-33-35-37-39-41-43-45-47-49-51-58(79)57(75-62(80)52-50-48-46-44-42-40-38-36-34-31-24-22-20-18-16-14-12-10-8-6-4-2)56-88-72-68(86)65(83)70(60(54-77)90-72)93-74-69(87)66(84)71(61(55-78)91-74)92-73-67(85)64(82)63(81)59(53-76)89-73/h6,8,12,14,18,20,24,31,36,38,49,51,57-61,63-74,76-79,81-87H,3-5,7,9-11,13,15-17,19,21-23,25-30,32-35,37,39-48,50,52-56H2,1-2H3,(H,75,80)/b8-6-,14-12-,20-18-,31-24-,38-36-,51-49+. The molecule has 3 aliphatic rings. The van der Waals surface area contributed by atoms with Gasteiger partial charge in [-0.05, 0) is 64.2 Å². The summed E-state index contributed by atoms with van der Waals surface area (Å²) in [6.07, 6.45) is 43.0. The molecule has 19 heteroatoms. The van der Waals surface area contributed by atoms with E-state index in [1.165, 1.54) is 141 Å².